The Morgan fingerprint density at radius 2 is 1.50 bits per heavy atom. The monoisotopic (exact) mass is 598 g/mol. The van der Waals surface area contributed by atoms with Crippen LogP contribution in [0.2, 0.25) is 10.0 Å². The zero-order chi connectivity index (χ0) is 28.4. The maximum Gasteiger partial charge on any atom is 0.255 e. The van der Waals surface area contributed by atoms with Crippen molar-refractivity contribution < 1.29 is 17.6 Å². The summed E-state index contributed by atoms with van der Waals surface area (Å²) in [5, 5.41) is 3.89. The molecule has 7 nitrogen and oxygen atoms in total. The summed E-state index contributed by atoms with van der Waals surface area (Å²) in [6, 6.07) is 21.1. The highest BCUT2D eigenvalue weighted by Gasteiger charge is 2.41. The van der Waals surface area contributed by atoms with Crippen molar-refractivity contribution in [2.75, 3.05) is 29.0 Å². The zero-order valence-electron chi connectivity index (χ0n) is 21.3. The molecule has 1 saturated heterocycles. The summed E-state index contributed by atoms with van der Waals surface area (Å²) in [6.45, 7) is 0.746. The van der Waals surface area contributed by atoms with Gasteiger partial charge in [-0.3, -0.25) is 19.0 Å². The molecular formula is C29H25Cl2FN4O3S. The Labute approximate surface area is 242 Å². The van der Waals surface area contributed by atoms with E-state index >= 15 is 0 Å². The van der Waals surface area contributed by atoms with E-state index in [1.54, 1.807) is 12.1 Å². The number of hydrogen-bond donors (Lipinski definition) is 1. The fourth-order valence-electron chi connectivity index (χ4n) is 4.90. The molecule has 206 valence electrons. The maximum atomic E-state index is 14.7. The van der Waals surface area contributed by atoms with Gasteiger partial charge in [0.05, 0.1) is 24.0 Å². The lowest BCUT2D eigenvalue weighted by atomic mass is 9.93. The van der Waals surface area contributed by atoms with Crippen molar-refractivity contribution >= 4 is 50.5 Å². The van der Waals surface area contributed by atoms with E-state index in [0.29, 0.717) is 28.8 Å². The number of carbonyl (C=O) groups excluding carboxylic acids is 1. The highest BCUT2D eigenvalue weighted by Crippen LogP contribution is 2.37. The van der Waals surface area contributed by atoms with Crippen LogP contribution in [0, 0.1) is 5.82 Å². The molecule has 1 amide bonds. The molecule has 4 aromatic rings. The molecule has 0 atom stereocenters. The second-order valence-corrected chi connectivity index (χ2v) is 12.3. The van der Waals surface area contributed by atoms with Gasteiger partial charge in [0.25, 0.3) is 5.91 Å². The molecular weight excluding hydrogens is 574 g/mol. The minimum absolute atomic E-state index is 0.00292. The smallest absolute Gasteiger partial charge is 0.255 e. The SMILES string of the molecule is CS(=O)(=O)N(c1cc(F)cc(C(=O)Nc2ccncc2)c1)C1CN(C(c2ccc(Cl)cc2)c2ccc(Cl)cc2)C1. The van der Waals surface area contributed by atoms with Gasteiger partial charge < -0.3 is 5.32 Å². The molecule has 0 bridgehead atoms. The van der Waals surface area contributed by atoms with Crippen LogP contribution in [0.15, 0.2) is 91.3 Å². The lowest BCUT2D eigenvalue weighted by Crippen LogP contribution is -2.61. The number of nitrogens with zero attached hydrogens (tertiary/aromatic N) is 3. The van der Waals surface area contributed by atoms with E-state index in [-0.39, 0.29) is 17.3 Å². The summed E-state index contributed by atoms with van der Waals surface area (Å²) in [6.07, 6.45) is 4.11. The first-order valence-corrected chi connectivity index (χ1v) is 15.0. The Morgan fingerprint density at radius 1 is 0.950 bits per heavy atom. The molecule has 1 aromatic heterocycles. The van der Waals surface area contributed by atoms with Gasteiger partial charge in [0.15, 0.2) is 0 Å². The van der Waals surface area contributed by atoms with E-state index in [0.717, 1.165) is 29.5 Å². The molecule has 1 aliphatic heterocycles. The summed E-state index contributed by atoms with van der Waals surface area (Å²) < 4.78 is 41.9. The van der Waals surface area contributed by atoms with Crippen molar-refractivity contribution in [2.45, 2.75) is 12.1 Å². The minimum atomic E-state index is -3.82. The molecule has 1 aliphatic rings. The average Bonchev–Trinajstić information content (AvgIpc) is 2.88. The first kappa shape index (κ1) is 28.0. The van der Waals surface area contributed by atoms with E-state index < -0.39 is 27.8 Å². The molecule has 5 rings (SSSR count). The topological polar surface area (TPSA) is 82.6 Å². The van der Waals surface area contributed by atoms with Crippen molar-refractivity contribution in [2.24, 2.45) is 0 Å². The van der Waals surface area contributed by atoms with Crippen molar-refractivity contribution in [3.8, 4) is 0 Å². The van der Waals surface area contributed by atoms with Gasteiger partial charge in [-0.2, -0.15) is 0 Å². The van der Waals surface area contributed by atoms with Crippen LogP contribution in [-0.4, -0.2) is 49.6 Å². The van der Waals surface area contributed by atoms with Crippen LogP contribution >= 0.6 is 23.2 Å². The quantitative estimate of drug-likeness (QED) is 0.268. The van der Waals surface area contributed by atoms with Gasteiger partial charge in [-0.15, -0.1) is 0 Å². The van der Waals surface area contributed by atoms with Gasteiger partial charge >= 0.3 is 0 Å². The lowest BCUT2D eigenvalue weighted by Gasteiger charge is -2.48. The largest absolute Gasteiger partial charge is 0.322 e. The van der Waals surface area contributed by atoms with E-state index in [4.69, 9.17) is 23.2 Å². The number of likely N-dealkylation sites (tertiary alicyclic amines) is 1. The summed E-state index contributed by atoms with van der Waals surface area (Å²) in [5.74, 6) is -1.29. The van der Waals surface area contributed by atoms with E-state index in [2.05, 4.69) is 15.2 Å². The van der Waals surface area contributed by atoms with Crippen molar-refractivity contribution in [1.29, 1.82) is 0 Å². The Morgan fingerprint density at radius 3 is 2.02 bits per heavy atom. The number of amides is 1. The fraction of sp³-hybridized carbons (Fsp3) is 0.172. The Kier molecular flexibility index (Phi) is 8.09. The molecule has 2 heterocycles. The molecule has 1 fully saturated rings. The molecule has 0 saturated carbocycles. The van der Waals surface area contributed by atoms with Crippen LogP contribution in [0.25, 0.3) is 0 Å². The second-order valence-electron chi connectivity index (χ2n) is 9.56. The van der Waals surface area contributed by atoms with Crippen LogP contribution in [-0.2, 0) is 10.0 Å². The minimum Gasteiger partial charge on any atom is -0.322 e. The maximum absolute atomic E-state index is 14.7. The van der Waals surface area contributed by atoms with Gasteiger partial charge in [0, 0.05) is 46.8 Å². The predicted molar refractivity (Wildman–Crippen MR) is 156 cm³/mol. The van der Waals surface area contributed by atoms with Crippen LogP contribution in [0.1, 0.15) is 27.5 Å². The summed E-state index contributed by atoms with van der Waals surface area (Å²) >= 11 is 12.2. The first-order chi connectivity index (χ1) is 19.1. The number of aromatic nitrogens is 1. The first-order valence-electron chi connectivity index (χ1n) is 12.3. The molecule has 0 aliphatic carbocycles. The number of sulfonamides is 1. The van der Waals surface area contributed by atoms with Crippen molar-refractivity contribution in [3.63, 3.8) is 0 Å². The van der Waals surface area contributed by atoms with Crippen LogP contribution in [0.5, 0.6) is 0 Å². The number of anilines is 2. The standard InChI is InChI=1S/C29H25Cl2FN4O3S/c1-40(38,39)36(26-15-21(14-24(32)16-26)29(37)34-25-10-12-33-13-11-25)27-17-35(18-27)28(19-2-6-22(30)7-3-19)20-4-8-23(31)9-5-20/h2-16,27-28H,17-18H2,1H3,(H,33,34,37). The Balaban J connectivity index is 1.42. The summed E-state index contributed by atoms with van der Waals surface area (Å²) in [7, 11) is -3.82. The highest BCUT2D eigenvalue weighted by molar-refractivity contribution is 7.92. The second kappa shape index (κ2) is 11.5. The number of pyridine rings is 1. The number of benzene rings is 3. The number of rotatable bonds is 8. The van der Waals surface area contributed by atoms with Crippen molar-refractivity contribution in [1.82, 2.24) is 9.88 Å². The molecule has 11 heteroatoms. The van der Waals surface area contributed by atoms with Gasteiger partial charge in [0.2, 0.25) is 10.0 Å². The van der Waals surface area contributed by atoms with Crippen molar-refractivity contribution in [3.05, 3.63) is 124 Å². The van der Waals surface area contributed by atoms with Gasteiger partial charge in [-0.25, -0.2) is 12.8 Å². The van der Waals surface area contributed by atoms with Crippen LogP contribution < -0.4 is 9.62 Å². The number of carbonyl (C=O) groups is 1. The van der Waals surface area contributed by atoms with E-state index in [1.165, 1.54) is 22.8 Å². The number of halogens is 3. The lowest BCUT2D eigenvalue weighted by molar-refractivity contribution is 0.102. The van der Waals surface area contributed by atoms with Crippen LogP contribution in [0.3, 0.4) is 0 Å². The van der Waals surface area contributed by atoms with Gasteiger partial charge in [-0.1, -0.05) is 47.5 Å². The van der Waals surface area contributed by atoms with E-state index in [9.17, 15) is 17.6 Å². The Hall–Kier alpha value is -3.50. The summed E-state index contributed by atoms with van der Waals surface area (Å²) in [4.78, 5) is 18.9. The third-order valence-electron chi connectivity index (χ3n) is 6.65. The molecule has 40 heavy (non-hydrogen) atoms. The third-order valence-corrected chi connectivity index (χ3v) is 8.38. The van der Waals surface area contributed by atoms with E-state index in [1.807, 2.05) is 48.5 Å². The number of nitrogens with one attached hydrogen (secondary N) is 1. The molecule has 0 spiro atoms. The molecule has 3 aromatic carbocycles. The van der Waals surface area contributed by atoms with Crippen LogP contribution in [0.4, 0.5) is 15.8 Å². The zero-order valence-corrected chi connectivity index (χ0v) is 23.7. The van der Waals surface area contributed by atoms with Gasteiger partial charge in [0.1, 0.15) is 5.82 Å². The number of hydrogen-bond acceptors (Lipinski definition) is 5. The highest BCUT2D eigenvalue weighted by atomic mass is 35.5. The molecule has 1 N–H and O–H groups in total. The predicted octanol–water partition coefficient (Wildman–Crippen LogP) is 6.02. The Bertz CT molecular complexity index is 1570. The molecule has 0 unspecified atom stereocenters. The average molecular weight is 600 g/mol. The fourth-order valence-corrected chi connectivity index (χ4v) is 6.31. The molecule has 0 radical (unpaired) electrons. The summed E-state index contributed by atoms with van der Waals surface area (Å²) in [5.41, 5.74) is 2.53. The van der Waals surface area contributed by atoms with Gasteiger partial charge in [-0.05, 0) is 65.7 Å². The normalized spacial score (nSPS) is 14.1. The third kappa shape index (κ3) is 6.28.